The lowest BCUT2D eigenvalue weighted by Crippen LogP contribution is -2.26. The quantitative estimate of drug-likeness (QED) is 0.488. The molecule has 0 fully saturated rings. The van der Waals surface area contributed by atoms with Crippen LogP contribution in [0.15, 0.2) is 53.0 Å². The highest BCUT2D eigenvalue weighted by atomic mass is 32.2. The van der Waals surface area contributed by atoms with E-state index in [2.05, 4.69) is 20.4 Å². The number of hydrogen-bond acceptors (Lipinski definition) is 6. The molecule has 1 amide bonds. The van der Waals surface area contributed by atoms with E-state index in [1.807, 2.05) is 11.6 Å². The number of thioether (sulfide) groups is 1. The Balaban J connectivity index is 1.47. The summed E-state index contributed by atoms with van der Waals surface area (Å²) >= 11 is 2.87. The molecule has 28 heavy (non-hydrogen) atoms. The van der Waals surface area contributed by atoms with Crippen LogP contribution in [-0.4, -0.2) is 38.3 Å². The number of hydrogen-bond donors (Lipinski definition) is 1. The largest absolute Gasteiger partial charge is 0.352 e. The number of pyridine rings is 1. The fraction of sp³-hybridized carbons (Fsp3) is 0.158. The normalized spacial score (nSPS) is 11.1. The van der Waals surface area contributed by atoms with Crippen molar-refractivity contribution in [2.45, 2.75) is 11.4 Å². The third kappa shape index (κ3) is 3.63. The third-order valence-corrected chi connectivity index (χ3v) is 5.72. The highest BCUT2D eigenvalue weighted by molar-refractivity contribution is 7.98. The first kappa shape index (κ1) is 18.6. The van der Waals surface area contributed by atoms with Crippen molar-refractivity contribution in [3.63, 3.8) is 0 Å². The Morgan fingerprint density at radius 2 is 2.14 bits per heavy atom. The van der Waals surface area contributed by atoms with Crippen LogP contribution >= 0.6 is 23.1 Å². The van der Waals surface area contributed by atoms with E-state index in [0.29, 0.717) is 39.9 Å². The molecule has 0 spiro atoms. The summed E-state index contributed by atoms with van der Waals surface area (Å²) in [6, 6.07) is 9.95. The van der Waals surface area contributed by atoms with Crippen molar-refractivity contribution >= 4 is 34.0 Å². The number of aromatic nitrogens is 4. The van der Waals surface area contributed by atoms with Gasteiger partial charge in [0.25, 0.3) is 5.91 Å². The van der Waals surface area contributed by atoms with Gasteiger partial charge < -0.3 is 5.32 Å². The molecule has 0 saturated heterocycles. The van der Waals surface area contributed by atoms with Crippen LogP contribution in [0, 0.1) is 5.82 Å². The van der Waals surface area contributed by atoms with Crippen LogP contribution < -0.4 is 5.32 Å². The second kappa shape index (κ2) is 8.07. The summed E-state index contributed by atoms with van der Waals surface area (Å²) in [5.41, 5.74) is 1.85. The highest BCUT2D eigenvalue weighted by Crippen LogP contribution is 2.23. The lowest BCUT2D eigenvalue weighted by molar-refractivity contribution is 0.0950. The molecule has 4 rings (SSSR count). The molecule has 0 unspecified atom stereocenters. The number of nitrogens with zero attached hydrogens (tertiary/aromatic N) is 4. The molecule has 0 radical (unpaired) electrons. The van der Waals surface area contributed by atoms with Gasteiger partial charge in [0.15, 0.2) is 5.82 Å². The summed E-state index contributed by atoms with van der Waals surface area (Å²) in [4.78, 5) is 21.7. The maximum Gasteiger partial charge on any atom is 0.254 e. The highest BCUT2D eigenvalue weighted by Gasteiger charge is 2.15. The molecule has 0 atom stereocenters. The minimum Gasteiger partial charge on any atom is -0.352 e. The van der Waals surface area contributed by atoms with Crippen molar-refractivity contribution in [1.29, 1.82) is 0 Å². The number of carbonyl (C=O) groups excluding carboxylic acids is 1. The first-order valence-electron chi connectivity index (χ1n) is 8.52. The Kier molecular flexibility index (Phi) is 5.36. The van der Waals surface area contributed by atoms with Gasteiger partial charge in [0.05, 0.1) is 16.8 Å². The number of rotatable bonds is 6. The average molecular weight is 414 g/mol. The van der Waals surface area contributed by atoms with Crippen LogP contribution in [-0.2, 0) is 6.42 Å². The molecule has 9 heteroatoms. The molecule has 1 N–H and O–H groups in total. The fourth-order valence-electron chi connectivity index (χ4n) is 2.78. The summed E-state index contributed by atoms with van der Waals surface area (Å²) < 4.78 is 15.7. The second-order valence-corrected chi connectivity index (χ2v) is 7.53. The van der Waals surface area contributed by atoms with Gasteiger partial charge in [0.2, 0.25) is 4.96 Å². The van der Waals surface area contributed by atoms with E-state index in [4.69, 9.17) is 0 Å². The lowest BCUT2D eigenvalue weighted by Gasteiger charge is -2.07. The van der Waals surface area contributed by atoms with Crippen LogP contribution in [0.2, 0.25) is 0 Å². The summed E-state index contributed by atoms with van der Waals surface area (Å²) in [6.07, 6.45) is 4.14. The Morgan fingerprint density at radius 3 is 2.96 bits per heavy atom. The minimum atomic E-state index is -0.351. The van der Waals surface area contributed by atoms with Gasteiger partial charge in [0, 0.05) is 24.5 Å². The van der Waals surface area contributed by atoms with E-state index in [1.54, 1.807) is 41.0 Å². The first-order chi connectivity index (χ1) is 13.7. The predicted molar refractivity (Wildman–Crippen MR) is 108 cm³/mol. The number of carbonyl (C=O) groups is 1. The predicted octanol–water partition coefficient (Wildman–Crippen LogP) is 3.69. The molecule has 0 aliphatic rings. The molecule has 6 nitrogen and oxygen atoms in total. The van der Waals surface area contributed by atoms with Crippen molar-refractivity contribution in [2.24, 2.45) is 0 Å². The molecule has 4 aromatic rings. The van der Waals surface area contributed by atoms with Gasteiger partial charge >= 0.3 is 0 Å². The zero-order valence-corrected chi connectivity index (χ0v) is 16.6. The van der Waals surface area contributed by atoms with Crippen LogP contribution in [0.4, 0.5) is 4.39 Å². The Hall–Kier alpha value is -2.78. The number of benzene rings is 1. The van der Waals surface area contributed by atoms with Gasteiger partial charge in [0.1, 0.15) is 10.8 Å². The molecule has 1 aromatic carbocycles. The Morgan fingerprint density at radius 1 is 1.29 bits per heavy atom. The first-order valence-corrected chi connectivity index (χ1v) is 10.6. The van der Waals surface area contributed by atoms with Gasteiger partial charge in [-0.3, -0.25) is 4.79 Å². The van der Waals surface area contributed by atoms with Gasteiger partial charge in [-0.05, 0) is 30.5 Å². The average Bonchev–Trinajstić information content (AvgIpc) is 3.30. The molecule has 0 aliphatic carbocycles. The van der Waals surface area contributed by atoms with E-state index < -0.39 is 0 Å². The molecule has 142 valence electrons. The van der Waals surface area contributed by atoms with Gasteiger partial charge in [-0.1, -0.05) is 12.1 Å². The number of nitrogens with one attached hydrogen (secondary N) is 1. The summed E-state index contributed by atoms with van der Waals surface area (Å²) in [5.74, 6) is -0.152. The lowest BCUT2D eigenvalue weighted by atomic mass is 10.2. The number of fused-ring (bicyclic) bond motifs is 1. The molecule has 3 heterocycles. The van der Waals surface area contributed by atoms with Crippen molar-refractivity contribution in [3.8, 4) is 11.4 Å². The maximum atomic E-state index is 14.0. The standard InChI is InChI=1S/C19H16FN5OS2/c1-27-18-14(6-4-9-22-18)17(26)21-10-8-12-11-28-19-23-16(24-25(12)19)13-5-2-3-7-15(13)20/h2-7,9,11H,8,10H2,1H3,(H,21,26). The Bertz CT molecular complexity index is 1140. The van der Waals surface area contributed by atoms with E-state index >= 15 is 0 Å². The van der Waals surface area contributed by atoms with Gasteiger partial charge in [-0.25, -0.2) is 13.9 Å². The van der Waals surface area contributed by atoms with E-state index in [9.17, 15) is 9.18 Å². The summed E-state index contributed by atoms with van der Waals surface area (Å²) in [7, 11) is 0. The van der Waals surface area contributed by atoms with Crippen LogP contribution in [0.1, 0.15) is 16.1 Å². The Labute approximate surface area is 168 Å². The summed E-state index contributed by atoms with van der Waals surface area (Å²) in [6.45, 7) is 0.447. The number of halogens is 1. The van der Waals surface area contributed by atoms with Gasteiger partial charge in [-0.2, -0.15) is 4.98 Å². The van der Waals surface area contributed by atoms with Crippen molar-refractivity contribution in [3.05, 3.63) is 65.0 Å². The van der Waals surface area contributed by atoms with Crippen LogP contribution in [0.25, 0.3) is 16.3 Å². The molecule has 0 aliphatic heterocycles. The van der Waals surface area contributed by atoms with Crippen LogP contribution in [0.5, 0.6) is 0 Å². The summed E-state index contributed by atoms with van der Waals surface area (Å²) in [5, 5.41) is 10.00. The molecule has 3 aromatic heterocycles. The minimum absolute atomic E-state index is 0.158. The van der Waals surface area contributed by atoms with Crippen molar-refractivity contribution in [2.75, 3.05) is 12.8 Å². The van der Waals surface area contributed by atoms with Gasteiger partial charge in [-0.15, -0.1) is 28.2 Å². The number of thiazole rings is 1. The SMILES string of the molecule is CSc1ncccc1C(=O)NCCc1csc2nc(-c3ccccc3F)nn12. The van der Waals surface area contributed by atoms with Crippen molar-refractivity contribution in [1.82, 2.24) is 24.9 Å². The van der Waals surface area contributed by atoms with E-state index in [-0.39, 0.29) is 11.7 Å². The maximum absolute atomic E-state index is 14.0. The van der Waals surface area contributed by atoms with E-state index in [1.165, 1.54) is 29.2 Å². The molecular weight excluding hydrogens is 397 g/mol. The van der Waals surface area contributed by atoms with Crippen molar-refractivity contribution < 1.29 is 9.18 Å². The topological polar surface area (TPSA) is 72.2 Å². The van der Waals surface area contributed by atoms with E-state index in [0.717, 1.165) is 5.69 Å². The molecule has 0 saturated carbocycles. The van der Waals surface area contributed by atoms with Crippen LogP contribution in [0.3, 0.4) is 0 Å². The third-order valence-electron chi connectivity index (χ3n) is 4.14. The number of amides is 1. The monoisotopic (exact) mass is 413 g/mol. The second-order valence-electron chi connectivity index (χ2n) is 5.90. The smallest absolute Gasteiger partial charge is 0.254 e. The molecule has 0 bridgehead atoms. The zero-order valence-electron chi connectivity index (χ0n) is 14.9. The fourth-order valence-corrected chi connectivity index (χ4v) is 4.18. The molecular formula is C19H16FN5OS2. The zero-order chi connectivity index (χ0) is 19.5.